The van der Waals surface area contributed by atoms with Crippen LogP contribution in [-0.4, -0.2) is 36.7 Å². The number of nitrogens with zero attached hydrogens (tertiary/aromatic N) is 5. The van der Waals surface area contributed by atoms with Crippen molar-refractivity contribution in [2.75, 3.05) is 5.75 Å². The minimum absolute atomic E-state index is 0.0523. The molecule has 2 heterocycles. The molecular formula is C18H16N6O2S. The molecule has 0 aliphatic rings. The number of thioether (sulfide) groups is 1. The lowest BCUT2D eigenvalue weighted by Crippen LogP contribution is -2.24. The first-order chi connectivity index (χ1) is 13.2. The summed E-state index contributed by atoms with van der Waals surface area (Å²) in [6.07, 6.45) is 0. The van der Waals surface area contributed by atoms with Crippen LogP contribution >= 0.6 is 11.8 Å². The van der Waals surface area contributed by atoms with Gasteiger partial charge in [0.2, 0.25) is 5.91 Å². The van der Waals surface area contributed by atoms with Gasteiger partial charge in [0.05, 0.1) is 5.75 Å². The molecule has 0 unspecified atom stereocenters. The molecule has 0 spiro atoms. The van der Waals surface area contributed by atoms with Crippen molar-refractivity contribution in [2.45, 2.75) is 11.7 Å². The van der Waals surface area contributed by atoms with E-state index in [2.05, 4.69) is 25.8 Å². The van der Waals surface area contributed by atoms with E-state index in [1.807, 2.05) is 60.1 Å². The zero-order chi connectivity index (χ0) is 18.6. The van der Waals surface area contributed by atoms with Gasteiger partial charge >= 0.3 is 0 Å². The molecule has 0 aliphatic heterocycles. The number of hydrogen-bond donors (Lipinski definition) is 1. The van der Waals surface area contributed by atoms with Crippen LogP contribution in [0, 0.1) is 0 Å². The van der Waals surface area contributed by atoms with Gasteiger partial charge in [0.1, 0.15) is 11.0 Å². The van der Waals surface area contributed by atoms with Gasteiger partial charge in [-0.1, -0.05) is 42.1 Å². The summed E-state index contributed by atoms with van der Waals surface area (Å²) in [5.74, 6) is 0.904. The van der Waals surface area contributed by atoms with Crippen molar-refractivity contribution in [1.82, 2.24) is 30.4 Å². The summed E-state index contributed by atoms with van der Waals surface area (Å²) in [7, 11) is 1.87. The smallest absolute Gasteiger partial charge is 0.230 e. The highest BCUT2D eigenvalue weighted by Crippen LogP contribution is 2.24. The normalized spacial score (nSPS) is 11.0. The molecular weight excluding hydrogens is 364 g/mol. The molecule has 0 atom stereocenters. The fourth-order valence-electron chi connectivity index (χ4n) is 2.59. The molecule has 0 saturated carbocycles. The fraction of sp³-hybridized carbons (Fsp3) is 0.167. The first-order valence-electron chi connectivity index (χ1n) is 8.26. The van der Waals surface area contributed by atoms with E-state index in [-0.39, 0.29) is 11.7 Å². The van der Waals surface area contributed by atoms with Gasteiger partial charge in [-0.15, -0.1) is 10.2 Å². The number of fused-ring (bicyclic) bond motifs is 1. The third-order valence-electron chi connectivity index (χ3n) is 4.01. The maximum atomic E-state index is 12.1. The van der Waals surface area contributed by atoms with Crippen molar-refractivity contribution in [2.24, 2.45) is 7.05 Å². The predicted octanol–water partition coefficient (Wildman–Crippen LogP) is 2.43. The van der Waals surface area contributed by atoms with E-state index in [0.717, 1.165) is 11.1 Å². The van der Waals surface area contributed by atoms with Gasteiger partial charge in [-0.05, 0) is 34.1 Å². The van der Waals surface area contributed by atoms with Crippen LogP contribution < -0.4 is 5.32 Å². The molecule has 0 bridgehead atoms. The molecule has 0 saturated heterocycles. The summed E-state index contributed by atoms with van der Waals surface area (Å²) in [6.45, 7) is 0.510. The third-order valence-corrected chi connectivity index (χ3v) is 5.03. The van der Waals surface area contributed by atoms with Crippen LogP contribution in [0.3, 0.4) is 0 Å². The van der Waals surface area contributed by atoms with E-state index >= 15 is 0 Å². The molecule has 2 aromatic carbocycles. The van der Waals surface area contributed by atoms with E-state index in [1.165, 1.54) is 11.8 Å². The Balaban J connectivity index is 1.39. The standard InChI is InChI=1S/C18H16N6O2S/c1-24-17(13-7-8-14-15(9-13)23-26-22-14)20-21-18(24)27-11-16(25)19-10-12-5-3-2-4-6-12/h2-9H,10-11H2,1H3,(H,19,25). The molecule has 1 amide bonds. The van der Waals surface area contributed by atoms with Crippen LogP contribution in [0.2, 0.25) is 0 Å². The SMILES string of the molecule is Cn1c(SCC(=O)NCc2ccccc2)nnc1-c1ccc2nonc2c1. The Morgan fingerprint density at radius 2 is 1.93 bits per heavy atom. The Kier molecular flexibility index (Phi) is 4.84. The summed E-state index contributed by atoms with van der Waals surface area (Å²) < 4.78 is 6.57. The van der Waals surface area contributed by atoms with Gasteiger partial charge in [0.15, 0.2) is 11.0 Å². The Labute approximate surface area is 158 Å². The van der Waals surface area contributed by atoms with Gasteiger partial charge in [-0.2, -0.15) is 0 Å². The summed E-state index contributed by atoms with van der Waals surface area (Å²) >= 11 is 1.34. The predicted molar refractivity (Wildman–Crippen MR) is 101 cm³/mol. The maximum Gasteiger partial charge on any atom is 0.230 e. The van der Waals surface area contributed by atoms with E-state index in [1.54, 1.807) is 0 Å². The highest BCUT2D eigenvalue weighted by molar-refractivity contribution is 7.99. The largest absolute Gasteiger partial charge is 0.351 e. The number of aromatic nitrogens is 5. The number of carbonyl (C=O) groups excluding carboxylic acids is 1. The lowest BCUT2D eigenvalue weighted by Gasteiger charge is -2.06. The molecule has 0 fully saturated rings. The van der Waals surface area contributed by atoms with Crippen LogP contribution in [0.5, 0.6) is 0 Å². The highest BCUT2D eigenvalue weighted by atomic mass is 32.2. The van der Waals surface area contributed by atoms with Gasteiger partial charge in [0, 0.05) is 19.2 Å². The van der Waals surface area contributed by atoms with Crippen molar-refractivity contribution in [3.8, 4) is 11.4 Å². The van der Waals surface area contributed by atoms with E-state index in [0.29, 0.717) is 28.6 Å². The van der Waals surface area contributed by atoms with E-state index < -0.39 is 0 Å². The van der Waals surface area contributed by atoms with Crippen molar-refractivity contribution in [3.63, 3.8) is 0 Å². The minimum Gasteiger partial charge on any atom is -0.351 e. The third kappa shape index (κ3) is 3.82. The van der Waals surface area contributed by atoms with Gasteiger partial charge in [0.25, 0.3) is 0 Å². The fourth-order valence-corrected chi connectivity index (χ4v) is 3.33. The van der Waals surface area contributed by atoms with E-state index in [9.17, 15) is 4.79 Å². The second kappa shape index (κ2) is 7.58. The Hall–Kier alpha value is -3.20. The number of amides is 1. The number of hydrogen-bond acceptors (Lipinski definition) is 7. The first-order valence-corrected chi connectivity index (χ1v) is 9.25. The molecule has 27 heavy (non-hydrogen) atoms. The number of benzene rings is 2. The van der Waals surface area contributed by atoms with Gasteiger partial charge < -0.3 is 9.88 Å². The Morgan fingerprint density at radius 3 is 2.78 bits per heavy atom. The average molecular weight is 380 g/mol. The Morgan fingerprint density at radius 1 is 1.11 bits per heavy atom. The quantitative estimate of drug-likeness (QED) is 0.513. The summed E-state index contributed by atoms with van der Waals surface area (Å²) in [6, 6.07) is 15.3. The second-order valence-electron chi connectivity index (χ2n) is 5.88. The van der Waals surface area contributed by atoms with Crippen molar-refractivity contribution < 1.29 is 9.42 Å². The summed E-state index contributed by atoms with van der Waals surface area (Å²) in [5.41, 5.74) is 3.26. The van der Waals surface area contributed by atoms with Crippen molar-refractivity contribution in [1.29, 1.82) is 0 Å². The molecule has 9 heteroatoms. The van der Waals surface area contributed by atoms with E-state index in [4.69, 9.17) is 4.63 Å². The molecule has 136 valence electrons. The molecule has 0 aliphatic carbocycles. The molecule has 4 aromatic rings. The maximum absolute atomic E-state index is 12.1. The number of rotatable bonds is 6. The van der Waals surface area contributed by atoms with Crippen LogP contribution in [0.25, 0.3) is 22.4 Å². The Bertz CT molecular complexity index is 1080. The average Bonchev–Trinajstić information content (AvgIpc) is 3.31. The molecule has 8 nitrogen and oxygen atoms in total. The minimum atomic E-state index is -0.0523. The lowest BCUT2D eigenvalue weighted by atomic mass is 10.2. The monoisotopic (exact) mass is 380 g/mol. The van der Waals surface area contributed by atoms with Crippen LogP contribution in [-0.2, 0) is 18.4 Å². The second-order valence-corrected chi connectivity index (χ2v) is 6.83. The zero-order valence-corrected chi connectivity index (χ0v) is 15.3. The van der Waals surface area contributed by atoms with Crippen molar-refractivity contribution in [3.05, 3.63) is 54.1 Å². The highest BCUT2D eigenvalue weighted by Gasteiger charge is 2.14. The van der Waals surface area contributed by atoms with Gasteiger partial charge in [-0.25, -0.2) is 4.63 Å². The number of carbonyl (C=O) groups is 1. The van der Waals surface area contributed by atoms with Crippen LogP contribution in [0.1, 0.15) is 5.56 Å². The van der Waals surface area contributed by atoms with Crippen molar-refractivity contribution >= 4 is 28.7 Å². The van der Waals surface area contributed by atoms with Crippen LogP contribution in [0.4, 0.5) is 0 Å². The lowest BCUT2D eigenvalue weighted by molar-refractivity contribution is -0.118. The summed E-state index contributed by atoms with van der Waals surface area (Å²) in [4.78, 5) is 12.1. The van der Waals surface area contributed by atoms with Gasteiger partial charge in [-0.3, -0.25) is 4.79 Å². The summed E-state index contributed by atoms with van der Waals surface area (Å²) in [5, 5.41) is 19.6. The first kappa shape index (κ1) is 17.2. The molecule has 4 rings (SSSR count). The number of nitrogens with one attached hydrogen (secondary N) is 1. The zero-order valence-electron chi connectivity index (χ0n) is 14.5. The topological polar surface area (TPSA) is 98.7 Å². The molecule has 0 radical (unpaired) electrons. The molecule has 2 aromatic heterocycles. The molecule has 1 N–H and O–H groups in total. The van der Waals surface area contributed by atoms with Crippen LogP contribution in [0.15, 0.2) is 58.3 Å².